The maximum absolute atomic E-state index is 5.70. The minimum Gasteiger partial charge on any atom is -0.381 e. The highest BCUT2D eigenvalue weighted by Crippen LogP contribution is 2.15. The zero-order valence-corrected chi connectivity index (χ0v) is 14.1. The van der Waals surface area contributed by atoms with Crippen molar-refractivity contribution in [3.8, 4) is 0 Å². The minimum atomic E-state index is 0.946. The standard InChI is InChI=1S/C17H33NOS/c1-2-3-4-5-6-7-8-10-14-19-15-11-9-12-18-13-16-20-17-18/h13,16H,2-12,14-15,17H2,1H3. The largest absolute Gasteiger partial charge is 0.381 e. The zero-order valence-electron chi connectivity index (χ0n) is 13.3. The lowest BCUT2D eigenvalue weighted by atomic mass is 10.1. The average molecular weight is 300 g/mol. The molecular formula is C17H33NOS. The Balaban J connectivity index is 1.67. The van der Waals surface area contributed by atoms with Crippen LogP contribution in [0.2, 0.25) is 0 Å². The van der Waals surface area contributed by atoms with Gasteiger partial charge in [0.1, 0.15) is 0 Å². The lowest BCUT2D eigenvalue weighted by Gasteiger charge is -2.13. The second-order valence-electron chi connectivity index (χ2n) is 5.69. The monoisotopic (exact) mass is 299 g/mol. The fourth-order valence-corrected chi connectivity index (χ4v) is 3.16. The van der Waals surface area contributed by atoms with Crippen LogP contribution in [0.1, 0.15) is 71.1 Å². The molecule has 0 radical (unpaired) electrons. The summed E-state index contributed by atoms with van der Waals surface area (Å²) in [6.07, 6.45) is 15.7. The molecule has 1 rings (SSSR count). The number of ether oxygens (including phenoxy) is 1. The molecule has 0 aromatic heterocycles. The maximum atomic E-state index is 5.70. The van der Waals surface area contributed by atoms with Crippen molar-refractivity contribution in [2.24, 2.45) is 0 Å². The van der Waals surface area contributed by atoms with Gasteiger partial charge in [-0.3, -0.25) is 0 Å². The number of nitrogens with zero attached hydrogens (tertiary/aromatic N) is 1. The molecule has 0 saturated heterocycles. The van der Waals surface area contributed by atoms with Gasteiger partial charge in [-0.1, -0.05) is 51.9 Å². The molecule has 0 aromatic carbocycles. The molecule has 118 valence electrons. The smallest absolute Gasteiger partial charge is 0.0675 e. The minimum absolute atomic E-state index is 0.946. The summed E-state index contributed by atoms with van der Waals surface area (Å²) in [4.78, 5) is 2.38. The molecule has 0 amide bonds. The molecule has 0 atom stereocenters. The van der Waals surface area contributed by atoms with Gasteiger partial charge in [0.15, 0.2) is 0 Å². The average Bonchev–Trinajstić information content (AvgIpc) is 2.97. The van der Waals surface area contributed by atoms with Crippen LogP contribution in [0.15, 0.2) is 11.6 Å². The van der Waals surface area contributed by atoms with Crippen molar-refractivity contribution >= 4 is 11.8 Å². The molecule has 20 heavy (non-hydrogen) atoms. The fourth-order valence-electron chi connectivity index (χ4n) is 2.41. The Morgan fingerprint density at radius 2 is 1.55 bits per heavy atom. The van der Waals surface area contributed by atoms with Gasteiger partial charge in [0.05, 0.1) is 5.88 Å². The van der Waals surface area contributed by atoms with E-state index in [-0.39, 0.29) is 0 Å². The predicted molar refractivity (Wildman–Crippen MR) is 91.0 cm³/mol. The summed E-state index contributed by atoms with van der Waals surface area (Å²) >= 11 is 1.88. The van der Waals surface area contributed by atoms with Crippen molar-refractivity contribution in [1.82, 2.24) is 4.90 Å². The first-order valence-corrected chi connectivity index (χ1v) is 9.58. The van der Waals surface area contributed by atoms with E-state index in [1.165, 1.54) is 70.8 Å². The molecule has 0 fully saturated rings. The van der Waals surface area contributed by atoms with Gasteiger partial charge in [0.25, 0.3) is 0 Å². The zero-order chi connectivity index (χ0) is 14.3. The van der Waals surface area contributed by atoms with Crippen LogP contribution in [0.25, 0.3) is 0 Å². The Bertz CT molecular complexity index is 233. The van der Waals surface area contributed by atoms with E-state index in [0.717, 1.165) is 19.1 Å². The van der Waals surface area contributed by atoms with Gasteiger partial charge in [0.2, 0.25) is 0 Å². The molecule has 1 heterocycles. The fraction of sp³-hybridized carbons (Fsp3) is 0.882. The lowest BCUT2D eigenvalue weighted by Crippen LogP contribution is -2.15. The molecule has 0 aliphatic carbocycles. The number of thioether (sulfide) groups is 1. The van der Waals surface area contributed by atoms with Crippen molar-refractivity contribution in [2.45, 2.75) is 71.1 Å². The third-order valence-electron chi connectivity index (χ3n) is 3.73. The van der Waals surface area contributed by atoms with Crippen LogP contribution in [0.4, 0.5) is 0 Å². The molecule has 0 aromatic rings. The molecular weight excluding hydrogens is 266 g/mol. The van der Waals surface area contributed by atoms with Crippen LogP contribution in [0.3, 0.4) is 0 Å². The Morgan fingerprint density at radius 1 is 0.900 bits per heavy atom. The Labute approximate surface area is 130 Å². The van der Waals surface area contributed by atoms with E-state index < -0.39 is 0 Å². The van der Waals surface area contributed by atoms with E-state index in [1.807, 2.05) is 11.8 Å². The van der Waals surface area contributed by atoms with Gasteiger partial charge in [-0.25, -0.2) is 0 Å². The van der Waals surface area contributed by atoms with Crippen molar-refractivity contribution in [3.63, 3.8) is 0 Å². The van der Waals surface area contributed by atoms with E-state index in [0.29, 0.717) is 0 Å². The molecule has 3 heteroatoms. The second-order valence-corrected chi connectivity index (χ2v) is 6.55. The topological polar surface area (TPSA) is 12.5 Å². The highest BCUT2D eigenvalue weighted by atomic mass is 32.2. The number of rotatable bonds is 14. The molecule has 2 nitrogen and oxygen atoms in total. The third-order valence-corrected chi connectivity index (χ3v) is 4.53. The summed E-state index contributed by atoms with van der Waals surface area (Å²) in [6.45, 7) is 5.37. The van der Waals surface area contributed by atoms with Crippen molar-refractivity contribution < 1.29 is 4.74 Å². The van der Waals surface area contributed by atoms with E-state index in [9.17, 15) is 0 Å². The van der Waals surface area contributed by atoms with Crippen LogP contribution in [-0.2, 0) is 4.74 Å². The van der Waals surface area contributed by atoms with Crippen molar-refractivity contribution in [2.75, 3.05) is 25.6 Å². The highest BCUT2D eigenvalue weighted by molar-refractivity contribution is 8.02. The van der Waals surface area contributed by atoms with Gasteiger partial charge < -0.3 is 9.64 Å². The van der Waals surface area contributed by atoms with Crippen molar-refractivity contribution in [1.29, 1.82) is 0 Å². The first-order chi connectivity index (χ1) is 9.93. The molecule has 0 saturated carbocycles. The van der Waals surface area contributed by atoms with Crippen LogP contribution in [0.5, 0.6) is 0 Å². The van der Waals surface area contributed by atoms with E-state index in [1.54, 1.807) is 0 Å². The lowest BCUT2D eigenvalue weighted by molar-refractivity contribution is 0.125. The first kappa shape index (κ1) is 17.9. The summed E-state index contributed by atoms with van der Waals surface area (Å²) in [6, 6.07) is 0. The second kappa shape index (κ2) is 13.8. The molecule has 0 bridgehead atoms. The molecule has 0 unspecified atom stereocenters. The number of unbranched alkanes of at least 4 members (excludes halogenated alkanes) is 8. The normalized spacial score (nSPS) is 14.3. The molecule has 0 spiro atoms. The van der Waals surface area contributed by atoms with Crippen LogP contribution >= 0.6 is 11.8 Å². The Kier molecular flexibility index (Phi) is 12.4. The summed E-state index contributed by atoms with van der Waals surface area (Å²) in [5.74, 6) is 1.14. The van der Waals surface area contributed by atoms with Crippen LogP contribution < -0.4 is 0 Å². The summed E-state index contributed by atoms with van der Waals surface area (Å²) in [5, 5.41) is 2.18. The van der Waals surface area contributed by atoms with Gasteiger partial charge in [0, 0.05) is 26.0 Å². The van der Waals surface area contributed by atoms with E-state index >= 15 is 0 Å². The molecule has 1 aliphatic heterocycles. The van der Waals surface area contributed by atoms with Crippen LogP contribution in [0, 0.1) is 0 Å². The van der Waals surface area contributed by atoms with Gasteiger partial charge in [-0.2, -0.15) is 0 Å². The van der Waals surface area contributed by atoms with E-state index in [4.69, 9.17) is 4.74 Å². The first-order valence-electron chi connectivity index (χ1n) is 8.53. The predicted octanol–water partition coefficient (Wildman–Crippen LogP) is 5.40. The maximum Gasteiger partial charge on any atom is 0.0675 e. The van der Waals surface area contributed by atoms with E-state index in [2.05, 4.69) is 23.4 Å². The number of hydrogen-bond acceptors (Lipinski definition) is 3. The summed E-state index contributed by atoms with van der Waals surface area (Å²) < 4.78 is 5.70. The third kappa shape index (κ3) is 10.6. The number of hydrogen-bond donors (Lipinski definition) is 0. The van der Waals surface area contributed by atoms with Crippen LogP contribution in [-0.4, -0.2) is 30.5 Å². The SMILES string of the molecule is CCCCCCCCCCOCCCCN1C=CSC1. The molecule has 0 N–H and O–H groups in total. The highest BCUT2D eigenvalue weighted by Gasteiger charge is 2.03. The van der Waals surface area contributed by atoms with Crippen molar-refractivity contribution in [3.05, 3.63) is 11.6 Å². The van der Waals surface area contributed by atoms with Gasteiger partial charge in [-0.05, 0) is 24.7 Å². The summed E-state index contributed by atoms with van der Waals surface area (Å²) in [5.41, 5.74) is 0. The van der Waals surface area contributed by atoms with Gasteiger partial charge >= 0.3 is 0 Å². The quantitative estimate of drug-likeness (QED) is 0.398. The van der Waals surface area contributed by atoms with Gasteiger partial charge in [-0.15, -0.1) is 11.8 Å². The Morgan fingerprint density at radius 3 is 2.20 bits per heavy atom. The molecule has 1 aliphatic rings. The summed E-state index contributed by atoms with van der Waals surface area (Å²) in [7, 11) is 0. The Hall–Kier alpha value is -0.150.